The van der Waals surface area contributed by atoms with Gasteiger partial charge >= 0.3 is 0 Å². The Bertz CT molecular complexity index is 938. The summed E-state index contributed by atoms with van der Waals surface area (Å²) in [7, 11) is 1.14. The maximum atomic E-state index is 14.3. The van der Waals surface area contributed by atoms with Gasteiger partial charge in [0.05, 0.1) is 24.3 Å². The van der Waals surface area contributed by atoms with Crippen LogP contribution in [-0.2, 0) is 0 Å². The van der Waals surface area contributed by atoms with Gasteiger partial charge in [-0.05, 0) is 12.1 Å². The molecule has 0 amide bonds. The Morgan fingerprint density at radius 3 is 2.61 bits per heavy atom. The predicted molar refractivity (Wildman–Crippen MR) is 77.2 cm³/mol. The number of aromatic nitrogens is 2. The van der Waals surface area contributed by atoms with Crippen LogP contribution in [0.2, 0.25) is 0 Å². The van der Waals surface area contributed by atoms with Gasteiger partial charge in [0.15, 0.2) is 11.5 Å². The molecule has 2 aromatic carbocycles. The van der Waals surface area contributed by atoms with Gasteiger partial charge in [-0.2, -0.15) is 9.65 Å². The van der Waals surface area contributed by atoms with Gasteiger partial charge in [0, 0.05) is 6.07 Å². The zero-order chi connectivity index (χ0) is 16.4. The van der Waals surface area contributed by atoms with Crippen molar-refractivity contribution in [3.63, 3.8) is 0 Å². The first-order valence-electron chi connectivity index (χ1n) is 6.49. The molecule has 23 heavy (non-hydrogen) atoms. The van der Waals surface area contributed by atoms with Crippen LogP contribution in [0.25, 0.3) is 11.0 Å². The van der Waals surface area contributed by atoms with E-state index in [1.165, 1.54) is 6.20 Å². The third kappa shape index (κ3) is 2.62. The van der Waals surface area contributed by atoms with E-state index in [-0.39, 0.29) is 5.88 Å². The van der Waals surface area contributed by atoms with Crippen LogP contribution in [0, 0.1) is 23.0 Å². The van der Waals surface area contributed by atoms with E-state index < -0.39 is 28.7 Å². The second-order valence-corrected chi connectivity index (χ2v) is 4.49. The van der Waals surface area contributed by atoms with Crippen molar-refractivity contribution in [2.45, 2.75) is 0 Å². The molecule has 0 radical (unpaired) electrons. The van der Waals surface area contributed by atoms with E-state index in [9.17, 15) is 8.78 Å². The minimum absolute atomic E-state index is 0.00578. The van der Waals surface area contributed by atoms with Crippen LogP contribution >= 0.6 is 0 Å². The molecule has 3 rings (SSSR count). The van der Waals surface area contributed by atoms with E-state index in [4.69, 9.17) is 14.7 Å². The van der Waals surface area contributed by atoms with Gasteiger partial charge in [0.25, 0.3) is 0 Å². The first-order valence-corrected chi connectivity index (χ1v) is 6.49. The molecule has 0 bridgehead atoms. The molecular weight excluding hydrogens is 304 g/mol. The van der Waals surface area contributed by atoms with Crippen LogP contribution in [-0.4, -0.2) is 17.1 Å². The van der Waals surface area contributed by atoms with Crippen LogP contribution in [0.15, 0.2) is 36.5 Å². The smallest absolute Gasteiger partial charge is 0.238 e. The van der Waals surface area contributed by atoms with Crippen molar-refractivity contribution in [1.29, 1.82) is 5.26 Å². The molecule has 0 aliphatic rings. The number of halogens is 2. The summed E-state index contributed by atoms with van der Waals surface area (Å²) >= 11 is 0. The molecule has 0 N–H and O–H groups in total. The topological polar surface area (TPSA) is 68.0 Å². The summed E-state index contributed by atoms with van der Waals surface area (Å²) in [6.07, 6.45) is 1.30. The standard InChI is InChI=1S/C16H9F2N3O2/c1-22-16-9(7-19)10(17)6-13(15(16)18)23-14-8-20-11-4-2-3-5-12(11)21-14/h2-6,8H,1H3. The summed E-state index contributed by atoms with van der Waals surface area (Å²) in [5, 5.41) is 8.85. The molecule has 0 unspecified atom stereocenters. The number of ether oxygens (including phenoxy) is 2. The van der Waals surface area contributed by atoms with Gasteiger partial charge in [-0.25, -0.2) is 14.4 Å². The van der Waals surface area contributed by atoms with Crippen LogP contribution in [0.1, 0.15) is 5.56 Å². The molecule has 1 heterocycles. The predicted octanol–water partition coefficient (Wildman–Crippen LogP) is 3.58. The third-order valence-corrected chi connectivity index (χ3v) is 3.10. The van der Waals surface area contributed by atoms with E-state index in [1.807, 2.05) is 0 Å². The molecule has 1 aromatic heterocycles. The minimum atomic E-state index is -0.986. The van der Waals surface area contributed by atoms with E-state index in [0.717, 1.165) is 13.2 Å². The van der Waals surface area contributed by atoms with Gasteiger partial charge < -0.3 is 9.47 Å². The second-order valence-electron chi connectivity index (χ2n) is 4.49. The SMILES string of the molecule is COc1c(F)c(Oc2cnc3ccccc3n2)cc(F)c1C#N. The summed E-state index contributed by atoms with van der Waals surface area (Å²) in [6, 6.07) is 9.37. The lowest BCUT2D eigenvalue weighted by molar-refractivity contribution is 0.358. The van der Waals surface area contributed by atoms with Crippen molar-refractivity contribution in [2.75, 3.05) is 7.11 Å². The molecular formula is C16H9F2N3O2. The zero-order valence-electron chi connectivity index (χ0n) is 11.9. The van der Waals surface area contributed by atoms with E-state index in [0.29, 0.717) is 11.0 Å². The Morgan fingerprint density at radius 2 is 1.91 bits per heavy atom. The first-order chi connectivity index (χ1) is 11.1. The number of benzene rings is 2. The number of fused-ring (bicyclic) bond motifs is 1. The van der Waals surface area contributed by atoms with Crippen molar-refractivity contribution in [3.05, 3.63) is 53.7 Å². The molecule has 5 nitrogen and oxygen atoms in total. The molecule has 0 aliphatic heterocycles. The molecule has 0 aliphatic carbocycles. The number of nitrogens with zero attached hydrogens (tertiary/aromatic N) is 3. The number of methoxy groups -OCH3 is 1. The summed E-state index contributed by atoms with van der Waals surface area (Å²) in [4.78, 5) is 8.28. The minimum Gasteiger partial charge on any atom is -0.492 e. The molecule has 0 saturated carbocycles. The summed E-state index contributed by atoms with van der Waals surface area (Å²) in [5.41, 5.74) is 0.664. The second kappa shape index (κ2) is 5.85. The molecule has 0 saturated heterocycles. The first kappa shape index (κ1) is 14.7. The van der Waals surface area contributed by atoms with Crippen molar-refractivity contribution in [3.8, 4) is 23.4 Å². The van der Waals surface area contributed by atoms with Crippen LogP contribution in [0.3, 0.4) is 0 Å². The van der Waals surface area contributed by atoms with Crippen LogP contribution < -0.4 is 9.47 Å². The maximum Gasteiger partial charge on any atom is 0.238 e. The molecule has 0 fully saturated rings. The highest BCUT2D eigenvalue weighted by molar-refractivity contribution is 5.74. The zero-order valence-corrected chi connectivity index (χ0v) is 11.9. The van der Waals surface area contributed by atoms with Gasteiger partial charge in [0.2, 0.25) is 11.7 Å². The Morgan fingerprint density at radius 1 is 1.17 bits per heavy atom. The monoisotopic (exact) mass is 313 g/mol. The Balaban J connectivity index is 2.05. The number of hydrogen-bond donors (Lipinski definition) is 0. The molecule has 3 aromatic rings. The Labute approximate surface area is 129 Å². The van der Waals surface area contributed by atoms with Crippen LogP contribution in [0.5, 0.6) is 17.4 Å². The average molecular weight is 313 g/mol. The van der Waals surface area contributed by atoms with E-state index >= 15 is 0 Å². The van der Waals surface area contributed by atoms with E-state index in [2.05, 4.69) is 9.97 Å². The van der Waals surface area contributed by atoms with Crippen molar-refractivity contribution in [2.24, 2.45) is 0 Å². The van der Waals surface area contributed by atoms with Crippen LogP contribution in [0.4, 0.5) is 8.78 Å². The average Bonchev–Trinajstić information content (AvgIpc) is 2.57. The molecule has 0 spiro atoms. The highest BCUT2D eigenvalue weighted by Crippen LogP contribution is 2.34. The maximum absolute atomic E-state index is 14.3. The molecule has 114 valence electrons. The van der Waals surface area contributed by atoms with Gasteiger partial charge in [-0.3, -0.25) is 0 Å². The van der Waals surface area contributed by atoms with Crippen molar-refractivity contribution in [1.82, 2.24) is 9.97 Å². The summed E-state index contributed by atoms with van der Waals surface area (Å²) < 4.78 is 38.1. The van der Waals surface area contributed by atoms with Crippen molar-refractivity contribution >= 4 is 11.0 Å². The normalized spacial score (nSPS) is 10.3. The van der Waals surface area contributed by atoms with Crippen molar-refractivity contribution < 1.29 is 18.3 Å². The summed E-state index contributed by atoms with van der Waals surface area (Å²) in [6.45, 7) is 0. The largest absolute Gasteiger partial charge is 0.492 e. The lowest BCUT2D eigenvalue weighted by Gasteiger charge is -2.11. The lowest BCUT2D eigenvalue weighted by atomic mass is 10.2. The quantitative estimate of drug-likeness (QED) is 0.739. The number of para-hydroxylation sites is 2. The summed E-state index contributed by atoms with van der Waals surface area (Å²) in [5.74, 6) is -2.90. The fraction of sp³-hybridized carbons (Fsp3) is 0.0625. The Hall–Kier alpha value is -3.27. The lowest BCUT2D eigenvalue weighted by Crippen LogP contribution is -2.00. The Kier molecular flexibility index (Phi) is 3.73. The van der Waals surface area contributed by atoms with Gasteiger partial charge in [0.1, 0.15) is 17.4 Å². The fourth-order valence-electron chi connectivity index (χ4n) is 2.05. The molecule has 7 heteroatoms. The number of hydrogen-bond acceptors (Lipinski definition) is 5. The third-order valence-electron chi connectivity index (χ3n) is 3.10. The molecule has 0 atom stereocenters. The number of nitriles is 1. The number of rotatable bonds is 3. The van der Waals surface area contributed by atoms with Gasteiger partial charge in [-0.15, -0.1) is 0 Å². The highest BCUT2D eigenvalue weighted by Gasteiger charge is 2.21. The van der Waals surface area contributed by atoms with Gasteiger partial charge in [-0.1, -0.05) is 12.1 Å². The fourth-order valence-corrected chi connectivity index (χ4v) is 2.05. The van der Waals surface area contributed by atoms with E-state index in [1.54, 1.807) is 30.3 Å². The highest BCUT2D eigenvalue weighted by atomic mass is 19.1.